The third-order valence-electron chi connectivity index (χ3n) is 4.92. The van der Waals surface area contributed by atoms with Crippen LogP contribution in [0.4, 0.5) is 10.1 Å². The molecule has 26 heavy (non-hydrogen) atoms. The van der Waals surface area contributed by atoms with Crippen molar-refractivity contribution >= 4 is 5.69 Å². The van der Waals surface area contributed by atoms with Crippen molar-refractivity contribution in [2.45, 2.75) is 46.2 Å². The van der Waals surface area contributed by atoms with Crippen molar-refractivity contribution in [2.75, 3.05) is 31.1 Å². The fourth-order valence-electron chi connectivity index (χ4n) is 3.65. The molecule has 0 amide bonds. The van der Waals surface area contributed by atoms with Crippen LogP contribution in [0.2, 0.25) is 0 Å². The lowest BCUT2D eigenvalue weighted by atomic mass is 9.99. The summed E-state index contributed by atoms with van der Waals surface area (Å²) >= 11 is 0. The molecule has 0 N–H and O–H groups in total. The van der Waals surface area contributed by atoms with Crippen molar-refractivity contribution in [1.82, 2.24) is 25.1 Å². The highest BCUT2D eigenvalue weighted by atomic mass is 19.1. The summed E-state index contributed by atoms with van der Waals surface area (Å²) in [5, 5.41) is 12.6. The van der Waals surface area contributed by atoms with Gasteiger partial charge in [-0.15, -0.1) is 5.10 Å². The Morgan fingerprint density at radius 3 is 2.15 bits per heavy atom. The van der Waals surface area contributed by atoms with Crippen molar-refractivity contribution < 1.29 is 4.39 Å². The Hall–Kier alpha value is -2.02. The molecule has 0 radical (unpaired) electrons. The van der Waals surface area contributed by atoms with Gasteiger partial charge in [-0.1, -0.05) is 13.8 Å². The maximum atomic E-state index is 13.2. The van der Waals surface area contributed by atoms with Crippen LogP contribution in [0.3, 0.4) is 0 Å². The molecule has 1 aliphatic heterocycles. The van der Waals surface area contributed by atoms with Crippen molar-refractivity contribution in [3.63, 3.8) is 0 Å². The number of benzene rings is 1. The van der Waals surface area contributed by atoms with E-state index in [0.29, 0.717) is 5.92 Å². The summed E-state index contributed by atoms with van der Waals surface area (Å²) in [6.45, 7) is 14.5. The Bertz CT molecular complexity index is 710. The van der Waals surface area contributed by atoms with Crippen LogP contribution in [0.25, 0.3) is 0 Å². The number of nitrogens with zero attached hydrogens (tertiary/aromatic N) is 6. The van der Waals surface area contributed by atoms with Crippen molar-refractivity contribution in [1.29, 1.82) is 0 Å². The van der Waals surface area contributed by atoms with E-state index in [9.17, 15) is 4.39 Å². The first-order valence-electron chi connectivity index (χ1n) is 9.30. The molecule has 0 aliphatic carbocycles. The summed E-state index contributed by atoms with van der Waals surface area (Å²) in [5.74, 6) is 1.14. The maximum absolute atomic E-state index is 13.2. The second kappa shape index (κ2) is 7.31. The Balaban J connectivity index is 1.75. The van der Waals surface area contributed by atoms with E-state index in [1.807, 2.05) is 16.8 Å². The number of anilines is 1. The van der Waals surface area contributed by atoms with Gasteiger partial charge in [-0.05, 0) is 61.4 Å². The van der Waals surface area contributed by atoms with Crippen molar-refractivity contribution in [3.8, 4) is 0 Å². The van der Waals surface area contributed by atoms with Gasteiger partial charge in [0.05, 0.1) is 11.6 Å². The second-order valence-electron chi connectivity index (χ2n) is 8.31. The van der Waals surface area contributed by atoms with Crippen molar-refractivity contribution in [2.24, 2.45) is 5.92 Å². The molecule has 2 heterocycles. The van der Waals surface area contributed by atoms with Crippen LogP contribution in [0.15, 0.2) is 24.3 Å². The van der Waals surface area contributed by atoms with Crippen LogP contribution in [-0.4, -0.2) is 51.3 Å². The molecule has 1 aromatic heterocycles. The van der Waals surface area contributed by atoms with Crippen LogP contribution < -0.4 is 4.90 Å². The largest absolute Gasteiger partial charge is 0.369 e. The monoisotopic (exact) mass is 360 g/mol. The van der Waals surface area contributed by atoms with E-state index in [1.54, 1.807) is 0 Å². The summed E-state index contributed by atoms with van der Waals surface area (Å²) in [6, 6.07) is 6.93. The van der Waals surface area contributed by atoms with Gasteiger partial charge in [0.2, 0.25) is 0 Å². The normalized spacial score (nSPS) is 17.7. The molecule has 0 saturated carbocycles. The molecular weight excluding hydrogens is 331 g/mol. The number of aromatic nitrogens is 4. The lowest BCUT2D eigenvalue weighted by Crippen LogP contribution is -2.49. The molecule has 6 nitrogen and oxygen atoms in total. The highest BCUT2D eigenvalue weighted by molar-refractivity contribution is 5.46. The summed E-state index contributed by atoms with van der Waals surface area (Å²) in [6.07, 6.45) is 0. The third-order valence-corrected chi connectivity index (χ3v) is 4.92. The minimum atomic E-state index is -0.193. The predicted octanol–water partition coefficient (Wildman–Crippen LogP) is 3.09. The van der Waals surface area contributed by atoms with Gasteiger partial charge in [-0.2, -0.15) is 0 Å². The first-order valence-corrected chi connectivity index (χ1v) is 9.30. The van der Waals surface area contributed by atoms with Crippen molar-refractivity contribution in [3.05, 3.63) is 35.9 Å². The molecule has 1 atom stereocenters. The van der Waals surface area contributed by atoms with Crippen LogP contribution >= 0.6 is 0 Å². The fourth-order valence-corrected chi connectivity index (χ4v) is 3.65. The Kier molecular flexibility index (Phi) is 5.27. The zero-order chi connectivity index (χ0) is 18.9. The molecule has 0 bridgehead atoms. The predicted molar refractivity (Wildman–Crippen MR) is 101 cm³/mol. The van der Waals surface area contributed by atoms with Gasteiger partial charge >= 0.3 is 0 Å². The van der Waals surface area contributed by atoms with E-state index in [2.05, 4.69) is 59.9 Å². The molecular formula is C19H29FN6. The summed E-state index contributed by atoms with van der Waals surface area (Å²) in [5.41, 5.74) is 0.925. The number of tetrazole rings is 1. The molecule has 1 fully saturated rings. The highest BCUT2D eigenvalue weighted by Crippen LogP contribution is 2.31. The quantitative estimate of drug-likeness (QED) is 0.839. The Morgan fingerprint density at radius 1 is 1.00 bits per heavy atom. The smallest absolute Gasteiger partial charge is 0.169 e. The number of rotatable bonds is 4. The van der Waals surface area contributed by atoms with Gasteiger partial charge in [-0.3, -0.25) is 4.90 Å². The first kappa shape index (κ1) is 18.8. The fraction of sp³-hybridized carbons (Fsp3) is 0.632. The van der Waals surface area contributed by atoms with Gasteiger partial charge < -0.3 is 4.90 Å². The number of hydrogen-bond acceptors (Lipinski definition) is 5. The standard InChI is InChI=1S/C19H29FN6/c1-14(2)17(18-21-22-23-26(18)19(3,4)5)25-12-10-24(11-13-25)16-8-6-15(20)7-9-16/h6-9,14,17H,10-13H2,1-5H3/t17-/m0/s1. The van der Waals surface area contributed by atoms with Crippen LogP contribution in [0.1, 0.15) is 46.5 Å². The Labute approximate surface area is 155 Å². The Morgan fingerprint density at radius 2 is 1.62 bits per heavy atom. The molecule has 0 spiro atoms. The third kappa shape index (κ3) is 3.87. The average molecular weight is 360 g/mol. The van der Waals surface area contributed by atoms with E-state index in [1.165, 1.54) is 12.1 Å². The van der Waals surface area contributed by atoms with E-state index in [-0.39, 0.29) is 17.4 Å². The number of piperazine rings is 1. The topological polar surface area (TPSA) is 50.1 Å². The van der Waals surface area contributed by atoms with Gasteiger partial charge in [-0.25, -0.2) is 9.07 Å². The summed E-state index contributed by atoms with van der Waals surface area (Å²) in [7, 11) is 0. The highest BCUT2D eigenvalue weighted by Gasteiger charge is 2.33. The van der Waals surface area contributed by atoms with E-state index in [0.717, 1.165) is 37.7 Å². The lowest BCUT2D eigenvalue weighted by molar-refractivity contribution is 0.128. The number of halogens is 1. The molecule has 1 aliphatic rings. The SMILES string of the molecule is CC(C)[C@@H](c1nnnn1C(C)(C)C)N1CCN(c2ccc(F)cc2)CC1. The zero-order valence-electron chi connectivity index (χ0n) is 16.4. The molecule has 0 unspecified atom stereocenters. The van der Waals surface area contributed by atoms with Gasteiger partial charge in [0.1, 0.15) is 5.82 Å². The zero-order valence-corrected chi connectivity index (χ0v) is 16.4. The molecule has 142 valence electrons. The molecule has 2 aromatic rings. The molecule has 7 heteroatoms. The summed E-state index contributed by atoms with van der Waals surface area (Å²) in [4.78, 5) is 4.78. The second-order valence-corrected chi connectivity index (χ2v) is 8.31. The van der Waals surface area contributed by atoms with Crippen LogP contribution in [0.5, 0.6) is 0 Å². The van der Waals surface area contributed by atoms with E-state index in [4.69, 9.17) is 0 Å². The molecule has 1 saturated heterocycles. The summed E-state index contributed by atoms with van der Waals surface area (Å²) < 4.78 is 15.1. The molecule has 3 rings (SSSR count). The van der Waals surface area contributed by atoms with Gasteiger partial charge in [0, 0.05) is 31.9 Å². The number of hydrogen-bond donors (Lipinski definition) is 0. The first-order chi connectivity index (χ1) is 12.3. The minimum Gasteiger partial charge on any atom is -0.369 e. The average Bonchev–Trinajstić information content (AvgIpc) is 3.06. The lowest BCUT2D eigenvalue weighted by Gasteiger charge is -2.41. The van der Waals surface area contributed by atoms with Crippen LogP contribution in [0, 0.1) is 11.7 Å². The maximum Gasteiger partial charge on any atom is 0.169 e. The van der Waals surface area contributed by atoms with Crippen LogP contribution in [-0.2, 0) is 5.54 Å². The van der Waals surface area contributed by atoms with Gasteiger partial charge in [0.25, 0.3) is 0 Å². The van der Waals surface area contributed by atoms with E-state index < -0.39 is 0 Å². The van der Waals surface area contributed by atoms with E-state index >= 15 is 0 Å². The minimum absolute atomic E-state index is 0.151. The molecule has 1 aromatic carbocycles. The van der Waals surface area contributed by atoms with Gasteiger partial charge in [0.15, 0.2) is 5.82 Å².